The van der Waals surface area contributed by atoms with Gasteiger partial charge in [-0.3, -0.25) is 0 Å². The van der Waals surface area contributed by atoms with Gasteiger partial charge >= 0.3 is 0 Å². The maximum absolute atomic E-state index is 6.21. The molecule has 4 N–H and O–H groups in total. The Kier molecular flexibility index (Phi) is 4.23. The Labute approximate surface area is 146 Å². The van der Waals surface area contributed by atoms with E-state index in [1.165, 1.54) is 12.8 Å². The van der Waals surface area contributed by atoms with Gasteiger partial charge in [-0.05, 0) is 31.0 Å². The van der Waals surface area contributed by atoms with Crippen molar-refractivity contribution in [2.24, 2.45) is 12.8 Å². The molecule has 1 fully saturated rings. The summed E-state index contributed by atoms with van der Waals surface area (Å²) < 4.78 is 2.00. The van der Waals surface area contributed by atoms with E-state index in [4.69, 9.17) is 5.73 Å². The normalized spacial score (nSPS) is 20.6. The predicted octanol–water partition coefficient (Wildman–Crippen LogP) is 2.79. The Hall–Kier alpha value is -2.67. The molecule has 2 atom stereocenters. The Morgan fingerprint density at radius 2 is 2.04 bits per heavy atom. The summed E-state index contributed by atoms with van der Waals surface area (Å²) in [4.78, 5) is 13.4. The summed E-state index contributed by atoms with van der Waals surface area (Å²) in [6.07, 6.45) is 8.09. The maximum Gasteiger partial charge on any atom is 0.224 e. The van der Waals surface area contributed by atoms with Crippen molar-refractivity contribution < 1.29 is 0 Å². The van der Waals surface area contributed by atoms with Crippen molar-refractivity contribution in [2.75, 3.05) is 10.6 Å². The zero-order valence-electron chi connectivity index (χ0n) is 14.3. The highest BCUT2D eigenvalue weighted by atomic mass is 15.2. The SMILES string of the molecule is Cn1cnc2c(Nc3ccnc(N[C@@H]4CCCC[C@@H]4N)n3)cccc21. The topological polar surface area (TPSA) is 93.7 Å². The number of benzene rings is 1. The van der Waals surface area contributed by atoms with Crippen molar-refractivity contribution in [3.05, 3.63) is 36.8 Å². The molecule has 25 heavy (non-hydrogen) atoms. The van der Waals surface area contributed by atoms with Crippen molar-refractivity contribution in [3.8, 4) is 0 Å². The number of aromatic nitrogens is 4. The van der Waals surface area contributed by atoms with Gasteiger partial charge in [0.05, 0.1) is 17.5 Å². The fourth-order valence-electron chi connectivity index (χ4n) is 3.40. The van der Waals surface area contributed by atoms with Crippen molar-refractivity contribution in [2.45, 2.75) is 37.8 Å². The fourth-order valence-corrected chi connectivity index (χ4v) is 3.40. The zero-order chi connectivity index (χ0) is 17.2. The second-order valence-electron chi connectivity index (χ2n) is 6.62. The van der Waals surface area contributed by atoms with E-state index in [0.29, 0.717) is 5.95 Å². The number of imidazole rings is 1. The largest absolute Gasteiger partial charge is 0.350 e. The molecule has 1 aromatic carbocycles. The summed E-state index contributed by atoms with van der Waals surface area (Å²) in [5.41, 5.74) is 9.13. The lowest BCUT2D eigenvalue weighted by atomic mass is 9.91. The zero-order valence-corrected chi connectivity index (χ0v) is 14.3. The van der Waals surface area contributed by atoms with Crippen molar-refractivity contribution in [1.82, 2.24) is 19.5 Å². The maximum atomic E-state index is 6.21. The molecule has 0 bridgehead atoms. The minimum absolute atomic E-state index is 0.163. The Morgan fingerprint density at radius 1 is 1.16 bits per heavy atom. The van der Waals surface area contributed by atoms with E-state index in [2.05, 4.69) is 25.6 Å². The number of aryl methyl sites for hydroxylation is 1. The highest BCUT2D eigenvalue weighted by molar-refractivity contribution is 5.90. The molecule has 0 unspecified atom stereocenters. The molecule has 7 nitrogen and oxygen atoms in total. The first-order chi connectivity index (χ1) is 12.2. The summed E-state index contributed by atoms with van der Waals surface area (Å²) in [7, 11) is 1.99. The van der Waals surface area contributed by atoms with Crippen molar-refractivity contribution in [1.29, 1.82) is 0 Å². The molecular weight excluding hydrogens is 314 g/mol. The first-order valence-electron chi connectivity index (χ1n) is 8.73. The molecule has 1 aliphatic carbocycles. The van der Waals surface area contributed by atoms with E-state index >= 15 is 0 Å². The van der Waals surface area contributed by atoms with E-state index in [1.54, 1.807) is 6.20 Å². The molecule has 1 saturated carbocycles. The minimum Gasteiger partial charge on any atom is -0.350 e. The number of hydrogen-bond donors (Lipinski definition) is 3. The molecule has 2 heterocycles. The van der Waals surface area contributed by atoms with Gasteiger partial charge < -0.3 is 20.9 Å². The second kappa shape index (κ2) is 6.68. The van der Waals surface area contributed by atoms with Crippen molar-refractivity contribution >= 4 is 28.5 Å². The molecule has 2 aromatic heterocycles. The summed E-state index contributed by atoms with van der Waals surface area (Å²) >= 11 is 0. The van der Waals surface area contributed by atoms with E-state index in [9.17, 15) is 0 Å². The predicted molar refractivity (Wildman–Crippen MR) is 99.9 cm³/mol. The third-order valence-electron chi connectivity index (χ3n) is 4.81. The number of anilines is 3. The van der Waals surface area contributed by atoms with Crippen LogP contribution in [-0.2, 0) is 7.05 Å². The van der Waals surface area contributed by atoms with Gasteiger partial charge in [0, 0.05) is 25.3 Å². The molecule has 4 rings (SSSR count). The van der Waals surface area contributed by atoms with Crippen LogP contribution in [0, 0.1) is 0 Å². The lowest BCUT2D eigenvalue weighted by molar-refractivity contribution is 0.402. The van der Waals surface area contributed by atoms with Crippen LogP contribution in [0.3, 0.4) is 0 Å². The minimum atomic E-state index is 0.163. The van der Waals surface area contributed by atoms with Crippen LogP contribution in [-0.4, -0.2) is 31.6 Å². The average molecular weight is 337 g/mol. The molecule has 0 aliphatic heterocycles. The second-order valence-corrected chi connectivity index (χ2v) is 6.62. The Morgan fingerprint density at radius 3 is 2.92 bits per heavy atom. The van der Waals surface area contributed by atoms with E-state index in [1.807, 2.05) is 42.2 Å². The summed E-state index contributed by atoms with van der Waals surface area (Å²) in [6.45, 7) is 0. The van der Waals surface area contributed by atoms with Crippen LogP contribution in [0.4, 0.5) is 17.5 Å². The molecule has 0 spiro atoms. The first kappa shape index (κ1) is 15.8. The van der Waals surface area contributed by atoms with Crippen LogP contribution in [0.1, 0.15) is 25.7 Å². The van der Waals surface area contributed by atoms with Crippen molar-refractivity contribution in [3.63, 3.8) is 0 Å². The quantitative estimate of drug-likeness (QED) is 0.678. The van der Waals surface area contributed by atoms with Gasteiger partial charge in [0.1, 0.15) is 11.3 Å². The molecule has 0 saturated heterocycles. The number of nitrogens with zero attached hydrogens (tertiary/aromatic N) is 4. The van der Waals surface area contributed by atoms with Crippen LogP contribution in [0.2, 0.25) is 0 Å². The number of nitrogens with two attached hydrogens (primary N) is 1. The molecule has 1 aliphatic rings. The van der Waals surface area contributed by atoms with Gasteiger partial charge in [0.15, 0.2) is 0 Å². The number of rotatable bonds is 4. The summed E-state index contributed by atoms with van der Waals surface area (Å²) in [5.74, 6) is 1.35. The number of nitrogens with one attached hydrogen (secondary N) is 2. The summed E-state index contributed by atoms with van der Waals surface area (Å²) in [6, 6.07) is 8.31. The van der Waals surface area contributed by atoms with E-state index < -0.39 is 0 Å². The third-order valence-corrected chi connectivity index (χ3v) is 4.81. The van der Waals surface area contributed by atoms with Gasteiger partial charge in [-0.25, -0.2) is 9.97 Å². The van der Waals surface area contributed by atoms with E-state index in [-0.39, 0.29) is 12.1 Å². The highest BCUT2D eigenvalue weighted by Gasteiger charge is 2.22. The third kappa shape index (κ3) is 3.28. The lowest BCUT2D eigenvalue weighted by Crippen LogP contribution is -2.42. The highest BCUT2D eigenvalue weighted by Crippen LogP contribution is 2.25. The van der Waals surface area contributed by atoms with E-state index in [0.717, 1.165) is 35.4 Å². The Bertz CT molecular complexity index is 873. The smallest absolute Gasteiger partial charge is 0.224 e. The van der Waals surface area contributed by atoms with Gasteiger partial charge in [0.25, 0.3) is 0 Å². The van der Waals surface area contributed by atoms with Crippen LogP contribution >= 0.6 is 0 Å². The number of hydrogen-bond acceptors (Lipinski definition) is 6. The van der Waals surface area contributed by atoms with Gasteiger partial charge in [-0.15, -0.1) is 0 Å². The van der Waals surface area contributed by atoms with Crippen LogP contribution in [0.25, 0.3) is 11.0 Å². The molecule has 3 aromatic rings. The average Bonchev–Trinajstić information content (AvgIpc) is 3.00. The molecular formula is C18H23N7. The van der Waals surface area contributed by atoms with Crippen LogP contribution in [0.5, 0.6) is 0 Å². The molecule has 0 amide bonds. The fraction of sp³-hybridized carbons (Fsp3) is 0.389. The lowest BCUT2D eigenvalue weighted by Gasteiger charge is -2.29. The first-order valence-corrected chi connectivity index (χ1v) is 8.73. The Balaban J connectivity index is 1.55. The van der Waals surface area contributed by atoms with Gasteiger partial charge in [-0.1, -0.05) is 18.9 Å². The van der Waals surface area contributed by atoms with Gasteiger partial charge in [0.2, 0.25) is 5.95 Å². The van der Waals surface area contributed by atoms with Crippen LogP contribution < -0.4 is 16.4 Å². The summed E-state index contributed by atoms with van der Waals surface area (Å²) in [5, 5.41) is 6.74. The molecule has 0 radical (unpaired) electrons. The monoisotopic (exact) mass is 337 g/mol. The van der Waals surface area contributed by atoms with Crippen LogP contribution in [0.15, 0.2) is 36.8 Å². The standard InChI is InChI=1S/C18H23N7/c1-25-11-21-17-14(7-4-8-15(17)25)22-16-9-10-20-18(24-16)23-13-6-3-2-5-12(13)19/h4,7-13H,2-3,5-6,19H2,1H3,(H2,20,22,23,24)/t12-,13+/m0/s1. The van der Waals surface area contributed by atoms with Gasteiger partial charge in [-0.2, -0.15) is 4.98 Å². The number of para-hydroxylation sites is 1. The molecule has 7 heteroatoms. The number of fused-ring (bicyclic) bond motifs is 1. The molecule has 130 valence electrons.